The van der Waals surface area contributed by atoms with E-state index in [4.69, 9.17) is 14.6 Å². The molecule has 0 unspecified atom stereocenters. The van der Waals surface area contributed by atoms with Gasteiger partial charge in [-0.15, -0.1) is 0 Å². The second-order valence-electron chi connectivity index (χ2n) is 4.28. The molecule has 1 fully saturated rings. The zero-order chi connectivity index (χ0) is 14.8. The highest BCUT2D eigenvalue weighted by atomic mass is 19.4. The number of halogens is 3. The smallest absolute Gasteiger partial charge is 0.433 e. The van der Waals surface area contributed by atoms with Crippen LogP contribution in [0.2, 0.25) is 0 Å². The topological polar surface area (TPSA) is 68.7 Å². The molecule has 0 saturated carbocycles. The molecule has 0 aliphatic carbocycles. The van der Waals surface area contributed by atoms with Crippen molar-refractivity contribution >= 4 is 5.97 Å². The summed E-state index contributed by atoms with van der Waals surface area (Å²) in [6.07, 6.45) is -4.07. The first kappa shape index (κ1) is 14.6. The highest BCUT2D eigenvalue weighted by molar-refractivity contribution is 5.90. The van der Waals surface area contributed by atoms with Gasteiger partial charge >= 0.3 is 12.1 Å². The zero-order valence-electron chi connectivity index (χ0n) is 10.3. The minimum Gasteiger partial charge on any atom is -0.477 e. The molecule has 0 aromatic carbocycles. The van der Waals surface area contributed by atoms with Crippen molar-refractivity contribution in [3.8, 4) is 5.88 Å². The molecule has 8 heteroatoms. The van der Waals surface area contributed by atoms with E-state index in [0.29, 0.717) is 32.1 Å². The molecule has 2 rings (SSSR count). The van der Waals surface area contributed by atoms with Crippen molar-refractivity contribution in [1.82, 2.24) is 4.98 Å². The molecule has 1 saturated heterocycles. The minimum atomic E-state index is -4.65. The van der Waals surface area contributed by atoms with Crippen LogP contribution in [0.25, 0.3) is 0 Å². The number of aromatic carboxylic acids is 1. The highest BCUT2D eigenvalue weighted by Crippen LogP contribution is 2.31. The normalized spacial score (nSPS) is 16.9. The largest absolute Gasteiger partial charge is 0.477 e. The molecular formula is C12H12F3NO4. The first-order chi connectivity index (χ1) is 9.38. The predicted octanol–water partition coefficient (Wildman–Crippen LogP) is 2.36. The van der Waals surface area contributed by atoms with Gasteiger partial charge in [0.05, 0.1) is 13.2 Å². The summed E-state index contributed by atoms with van der Waals surface area (Å²) in [7, 11) is 0. The summed E-state index contributed by atoms with van der Waals surface area (Å²) in [5.74, 6) is -1.88. The summed E-state index contributed by atoms with van der Waals surface area (Å²) in [6, 6.07) is 1.48. The van der Waals surface area contributed by atoms with Gasteiger partial charge < -0.3 is 14.6 Å². The van der Waals surface area contributed by atoms with E-state index in [1.165, 1.54) is 0 Å². The van der Waals surface area contributed by atoms with E-state index in [1.807, 2.05) is 0 Å². The third-order valence-corrected chi connectivity index (χ3v) is 2.83. The van der Waals surface area contributed by atoms with Crippen LogP contribution >= 0.6 is 0 Å². The Labute approximate surface area is 112 Å². The Hall–Kier alpha value is -1.83. The number of ether oxygens (including phenoxy) is 2. The van der Waals surface area contributed by atoms with Crippen molar-refractivity contribution in [3.05, 3.63) is 23.4 Å². The minimum absolute atomic E-state index is 0.385. The highest BCUT2D eigenvalue weighted by Gasteiger charge is 2.34. The standard InChI is InChI=1S/C12H12F3NO4/c13-12(14,15)9-2-1-8(11(17)18)10(16-9)20-7-3-5-19-6-4-7/h1-2,7H,3-6H2,(H,17,18). The fraction of sp³-hybridized carbons (Fsp3) is 0.500. The van der Waals surface area contributed by atoms with E-state index in [2.05, 4.69) is 4.98 Å². The summed E-state index contributed by atoms with van der Waals surface area (Å²) in [5.41, 5.74) is -1.56. The van der Waals surface area contributed by atoms with Crippen LogP contribution in [0.15, 0.2) is 12.1 Å². The fourth-order valence-corrected chi connectivity index (χ4v) is 1.80. The van der Waals surface area contributed by atoms with Gasteiger partial charge in [-0.3, -0.25) is 0 Å². The number of carboxylic acid groups (broad SMARTS) is 1. The van der Waals surface area contributed by atoms with Crippen molar-refractivity contribution in [2.45, 2.75) is 25.1 Å². The lowest BCUT2D eigenvalue weighted by atomic mass is 10.1. The Morgan fingerprint density at radius 3 is 2.55 bits per heavy atom. The Kier molecular flexibility index (Phi) is 4.12. The van der Waals surface area contributed by atoms with Gasteiger partial charge in [0.1, 0.15) is 17.4 Å². The fourth-order valence-electron chi connectivity index (χ4n) is 1.80. The first-order valence-corrected chi connectivity index (χ1v) is 5.94. The van der Waals surface area contributed by atoms with Crippen LogP contribution in [0.3, 0.4) is 0 Å². The third-order valence-electron chi connectivity index (χ3n) is 2.83. The number of rotatable bonds is 3. The summed E-state index contributed by atoms with van der Waals surface area (Å²) in [4.78, 5) is 14.3. The predicted molar refractivity (Wildman–Crippen MR) is 60.7 cm³/mol. The maximum Gasteiger partial charge on any atom is 0.433 e. The van der Waals surface area contributed by atoms with Gasteiger partial charge in [0.2, 0.25) is 5.88 Å². The first-order valence-electron chi connectivity index (χ1n) is 5.94. The van der Waals surface area contributed by atoms with E-state index < -0.39 is 29.8 Å². The van der Waals surface area contributed by atoms with Gasteiger partial charge in [-0.1, -0.05) is 0 Å². The van der Waals surface area contributed by atoms with Crippen molar-refractivity contribution < 1.29 is 32.5 Å². The lowest BCUT2D eigenvalue weighted by Gasteiger charge is -2.23. The van der Waals surface area contributed by atoms with Crippen LogP contribution < -0.4 is 4.74 Å². The van der Waals surface area contributed by atoms with Crippen molar-refractivity contribution in [2.75, 3.05) is 13.2 Å². The number of aromatic nitrogens is 1. The maximum atomic E-state index is 12.6. The molecule has 0 amide bonds. The third kappa shape index (κ3) is 3.38. The number of hydrogen-bond donors (Lipinski definition) is 1. The SMILES string of the molecule is O=C(O)c1ccc(C(F)(F)F)nc1OC1CCOCC1. The van der Waals surface area contributed by atoms with Gasteiger partial charge in [-0.25, -0.2) is 9.78 Å². The molecule has 0 bridgehead atoms. The quantitative estimate of drug-likeness (QED) is 0.925. The average Bonchev–Trinajstić information content (AvgIpc) is 2.38. The summed E-state index contributed by atoms with van der Waals surface area (Å²) in [5, 5.41) is 8.96. The van der Waals surface area contributed by atoms with Crippen LogP contribution in [-0.2, 0) is 10.9 Å². The summed E-state index contributed by atoms with van der Waals surface area (Å²) in [6.45, 7) is 0.845. The monoisotopic (exact) mass is 291 g/mol. The maximum absolute atomic E-state index is 12.6. The van der Waals surface area contributed by atoms with Gasteiger partial charge in [0.25, 0.3) is 0 Å². The number of alkyl halides is 3. The molecule has 20 heavy (non-hydrogen) atoms. The molecule has 110 valence electrons. The van der Waals surface area contributed by atoms with Crippen LogP contribution in [0.4, 0.5) is 13.2 Å². The zero-order valence-corrected chi connectivity index (χ0v) is 10.3. The molecule has 1 N–H and O–H groups in total. The Bertz CT molecular complexity index is 498. The van der Waals surface area contributed by atoms with Crippen LogP contribution in [0, 0.1) is 0 Å². The number of carbonyl (C=O) groups is 1. The second-order valence-corrected chi connectivity index (χ2v) is 4.28. The Balaban J connectivity index is 2.29. The van der Waals surface area contributed by atoms with E-state index in [0.717, 1.165) is 6.07 Å². The lowest BCUT2D eigenvalue weighted by Crippen LogP contribution is -2.27. The van der Waals surface area contributed by atoms with E-state index >= 15 is 0 Å². The van der Waals surface area contributed by atoms with Gasteiger partial charge in [-0.05, 0) is 12.1 Å². The van der Waals surface area contributed by atoms with Gasteiger partial charge in [-0.2, -0.15) is 13.2 Å². The van der Waals surface area contributed by atoms with E-state index in [9.17, 15) is 18.0 Å². The van der Waals surface area contributed by atoms with Crippen LogP contribution in [0.1, 0.15) is 28.9 Å². The molecule has 1 aliphatic heterocycles. The Morgan fingerprint density at radius 2 is 2.00 bits per heavy atom. The van der Waals surface area contributed by atoms with E-state index in [-0.39, 0.29) is 5.56 Å². The average molecular weight is 291 g/mol. The molecule has 1 aromatic heterocycles. The van der Waals surface area contributed by atoms with Crippen molar-refractivity contribution in [2.24, 2.45) is 0 Å². The number of hydrogen-bond acceptors (Lipinski definition) is 4. The molecule has 5 nitrogen and oxygen atoms in total. The molecule has 0 radical (unpaired) electrons. The van der Waals surface area contributed by atoms with Crippen LogP contribution in [-0.4, -0.2) is 35.4 Å². The van der Waals surface area contributed by atoms with Crippen LogP contribution in [0.5, 0.6) is 5.88 Å². The molecule has 0 spiro atoms. The van der Waals surface area contributed by atoms with Gasteiger partial charge in [0, 0.05) is 12.8 Å². The number of carboxylic acids is 1. The lowest BCUT2D eigenvalue weighted by molar-refractivity contribution is -0.141. The van der Waals surface area contributed by atoms with Gasteiger partial charge in [0.15, 0.2) is 0 Å². The molecular weight excluding hydrogens is 279 g/mol. The molecule has 2 heterocycles. The van der Waals surface area contributed by atoms with Crippen molar-refractivity contribution in [1.29, 1.82) is 0 Å². The summed E-state index contributed by atoms with van der Waals surface area (Å²) < 4.78 is 48.2. The molecule has 0 atom stereocenters. The van der Waals surface area contributed by atoms with Crippen molar-refractivity contribution in [3.63, 3.8) is 0 Å². The molecule has 1 aliphatic rings. The Morgan fingerprint density at radius 1 is 1.35 bits per heavy atom. The second kappa shape index (κ2) is 5.66. The summed E-state index contributed by atoms with van der Waals surface area (Å²) >= 11 is 0. The number of pyridine rings is 1. The number of nitrogens with zero attached hydrogens (tertiary/aromatic N) is 1. The van der Waals surface area contributed by atoms with E-state index in [1.54, 1.807) is 0 Å². The molecule has 1 aromatic rings.